The van der Waals surface area contributed by atoms with Crippen LogP contribution < -0.4 is 16.0 Å². The monoisotopic (exact) mass is 214 g/mol. The van der Waals surface area contributed by atoms with Crippen LogP contribution in [0.15, 0.2) is 0 Å². The molecule has 15 heavy (non-hydrogen) atoms. The van der Waals surface area contributed by atoms with Crippen LogP contribution in [-0.4, -0.2) is 63.0 Å². The van der Waals surface area contributed by atoms with Crippen LogP contribution >= 0.6 is 0 Å². The van der Waals surface area contributed by atoms with E-state index < -0.39 is 0 Å². The summed E-state index contributed by atoms with van der Waals surface area (Å²) in [5, 5.41) is 8.72. The van der Waals surface area contributed by atoms with E-state index in [1.165, 1.54) is 4.90 Å². The van der Waals surface area contributed by atoms with Gasteiger partial charge in [0.05, 0.1) is 12.6 Å². The topological polar surface area (TPSA) is 73.5 Å². The zero-order valence-electron chi connectivity index (χ0n) is 9.17. The molecule has 0 aromatic carbocycles. The molecular weight excluding hydrogens is 196 g/mol. The average molecular weight is 214 g/mol. The van der Waals surface area contributed by atoms with Crippen molar-refractivity contribution in [3.63, 3.8) is 0 Å². The van der Waals surface area contributed by atoms with Crippen molar-refractivity contribution in [2.24, 2.45) is 0 Å². The smallest absolute Gasteiger partial charge is 0.241 e. The van der Waals surface area contributed by atoms with Gasteiger partial charge < -0.3 is 20.9 Å². The van der Waals surface area contributed by atoms with Gasteiger partial charge in [-0.15, -0.1) is 0 Å². The number of nitrogens with one attached hydrogen (secondary N) is 3. The summed E-state index contributed by atoms with van der Waals surface area (Å²) < 4.78 is 0. The van der Waals surface area contributed by atoms with E-state index in [0.717, 1.165) is 13.1 Å². The summed E-state index contributed by atoms with van der Waals surface area (Å²) in [6.07, 6.45) is 0. The molecule has 6 heteroatoms. The zero-order chi connectivity index (χ0) is 11.3. The normalized spacial score (nSPS) is 20.8. The first-order chi connectivity index (χ1) is 7.15. The minimum Gasteiger partial charge on any atom is -0.358 e. The molecule has 86 valence electrons. The third-order valence-corrected chi connectivity index (χ3v) is 2.37. The lowest BCUT2D eigenvalue weighted by Crippen LogP contribution is -2.56. The predicted molar refractivity (Wildman–Crippen MR) is 56.4 cm³/mol. The maximum Gasteiger partial charge on any atom is 0.241 e. The highest BCUT2D eigenvalue weighted by molar-refractivity contribution is 5.87. The number of piperazine rings is 1. The molecule has 1 saturated heterocycles. The molecule has 0 spiro atoms. The third-order valence-electron chi connectivity index (χ3n) is 2.37. The van der Waals surface area contributed by atoms with E-state index >= 15 is 0 Å². The molecule has 1 atom stereocenters. The molecule has 0 aromatic rings. The summed E-state index contributed by atoms with van der Waals surface area (Å²) in [6.45, 7) is 2.39. The van der Waals surface area contributed by atoms with Gasteiger partial charge in [-0.1, -0.05) is 0 Å². The van der Waals surface area contributed by atoms with Crippen LogP contribution in [0.3, 0.4) is 0 Å². The minimum atomic E-state index is -0.214. The van der Waals surface area contributed by atoms with Crippen LogP contribution in [0.4, 0.5) is 0 Å². The molecular formula is C9H18N4O2. The Morgan fingerprint density at radius 3 is 2.73 bits per heavy atom. The largest absolute Gasteiger partial charge is 0.358 e. The van der Waals surface area contributed by atoms with Crippen molar-refractivity contribution in [2.45, 2.75) is 6.04 Å². The second kappa shape index (κ2) is 5.67. The Hall–Kier alpha value is -1.14. The van der Waals surface area contributed by atoms with Crippen LogP contribution in [0.25, 0.3) is 0 Å². The number of carbonyl (C=O) groups excluding carboxylic acids is 2. The average Bonchev–Trinajstić information content (AvgIpc) is 2.29. The first-order valence-electron chi connectivity index (χ1n) is 5.05. The van der Waals surface area contributed by atoms with E-state index in [4.69, 9.17) is 0 Å². The number of hydrogen-bond acceptors (Lipinski definition) is 4. The Bertz CT molecular complexity index is 238. The van der Waals surface area contributed by atoms with Crippen LogP contribution in [0, 0.1) is 0 Å². The molecule has 1 rings (SSSR count). The molecule has 0 bridgehead atoms. The molecule has 0 aliphatic carbocycles. The van der Waals surface area contributed by atoms with Gasteiger partial charge in [-0.25, -0.2) is 0 Å². The van der Waals surface area contributed by atoms with Crippen LogP contribution in [-0.2, 0) is 9.59 Å². The Morgan fingerprint density at radius 1 is 1.47 bits per heavy atom. The molecule has 3 N–H and O–H groups in total. The molecule has 1 fully saturated rings. The van der Waals surface area contributed by atoms with Crippen molar-refractivity contribution in [3.05, 3.63) is 0 Å². The first kappa shape index (κ1) is 11.9. The second-order valence-electron chi connectivity index (χ2n) is 3.58. The number of hydrogen-bond donors (Lipinski definition) is 3. The van der Waals surface area contributed by atoms with E-state index in [-0.39, 0.29) is 24.4 Å². The van der Waals surface area contributed by atoms with Crippen molar-refractivity contribution < 1.29 is 9.59 Å². The predicted octanol–water partition coefficient (Wildman–Crippen LogP) is -2.25. The summed E-state index contributed by atoms with van der Waals surface area (Å²) in [5.74, 6) is -0.208. The van der Waals surface area contributed by atoms with Crippen molar-refractivity contribution in [2.75, 3.05) is 40.3 Å². The molecule has 2 amide bonds. The number of carbonyl (C=O) groups is 2. The highest BCUT2D eigenvalue weighted by Gasteiger charge is 2.24. The fourth-order valence-electron chi connectivity index (χ4n) is 1.47. The van der Waals surface area contributed by atoms with E-state index in [0.29, 0.717) is 6.54 Å². The molecule has 1 aliphatic rings. The minimum absolute atomic E-state index is 0.0502. The van der Waals surface area contributed by atoms with Crippen molar-refractivity contribution in [3.8, 4) is 0 Å². The molecule has 1 unspecified atom stereocenters. The quantitative estimate of drug-likeness (QED) is 0.496. The summed E-state index contributed by atoms with van der Waals surface area (Å²) in [6, 6.07) is -0.214. The summed E-state index contributed by atoms with van der Waals surface area (Å²) in [5.41, 5.74) is 0. The molecule has 1 heterocycles. The van der Waals surface area contributed by atoms with E-state index in [2.05, 4.69) is 16.0 Å². The highest BCUT2D eigenvalue weighted by atomic mass is 16.2. The fraction of sp³-hybridized carbons (Fsp3) is 0.778. The van der Waals surface area contributed by atoms with Crippen LogP contribution in [0.5, 0.6) is 0 Å². The Morgan fingerprint density at radius 2 is 2.20 bits per heavy atom. The van der Waals surface area contributed by atoms with Gasteiger partial charge in [-0.3, -0.25) is 9.59 Å². The summed E-state index contributed by atoms with van der Waals surface area (Å²) in [7, 11) is 3.19. The van der Waals surface area contributed by atoms with E-state index in [1.807, 2.05) is 0 Å². The Labute approximate surface area is 89.4 Å². The van der Waals surface area contributed by atoms with Gasteiger partial charge >= 0.3 is 0 Å². The Kier molecular flexibility index (Phi) is 4.51. The van der Waals surface area contributed by atoms with Gasteiger partial charge in [-0.2, -0.15) is 0 Å². The van der Waals surface area contributed by atoms with Crippen molar-refractivity contribution in [1.82, 2.24) is 20.9 Å². The maximum absolute atomic E-state index is 11.8. The van der Waals surface area contributed by atoms with Crippen molar-refractivity contribution in [1.29, 1.82) is 0 Å². The molecule has 1 aliphatic heterocycles. The first-order valence-corrected chi connectivity index (χ1v) is 5.05. The summed E-state index contributed by atoms with van der Waals surface area (Å²) >= 11 is 0. The zero-order valence-corrected chi connectivity index (χ0v) is 9.17. The van der Waals surface area contributed by atoms with Gasteiger partial charge in [-0.05, 0) is 0 Å². The van der Waals surface area contributed by atoms with E-state index in [9.17, 15) is 9.59 Å². The second-order valence-corrected chi connectivity index (χ2v) is 3.58. The standard InChI is InChI=1S/C9H18N4O2/c1-10-8(14)6-13(2)9(15)7-5-11-3-4-12-7/h7,11-12H,3-6H2,1-2H3,(H,10,14). The molecule has 0 radical (unpaired) electrons. The van der Waals surface area contributed by atoms with Crippen LogP contribution in [0.1, 0.15) is 0 Å². The lowest BCUT2D eigenvalue weighted by molar-refractivity contribution is -0.136. The van der Waals surface area contributed by atoms with Gasteiger partial charge in [0.1, 0.15) is 0 Å². The molecule has 6 nitrogen and oxygen atoms in total. The SMILES string of the molecule is CNC(=O)CN(C)C(=O)C1CNCCN1. The number of likely N-dealkylation sites (N-methyl/N-ethyl adjacent to an activating group) is 2. The van der Waals surface area contributed by atoms with Crippen molar-refractivity contribution >= 4 is 11.8 Å². The maximum atomic E-state index is 11.8. The van der Waals surface area contributed by atoms with Crippen LogP contribution in [0.2, 0.25) is 0 Å². The van der Waals surface area contributed by atoms with Gasteiger partial charge in [0.25, 0.3) is 0 Å². The number of amides is 2. The highest BCUT2D eigenvalue weighted by Crippen LogP contribution is 1.94. The lowest BCUT2D eigenvalue weighted by atomic mass is 10.2. The van der Waals surface area contributed by atoms with Gasteiger partial charge in [0.2, 0.25) is 11.8 Å². The number of nitrogens with zero attached hydrogens (tertiary/aromatic N) is 1. The fourth-order valence-corrected chi connectivity index (χ4v) is 1.47. The van der Waals surface area contributed by atoms with Gasteiger partial charge in [0, 0.05) is 33.7 Å². The number of rotatable bonds is 3. The lowest BCUT2D eigenvalue weighted by Gasteiger charge is -2.27. The third kappa shape index (κ3) is 3.49. The molecule has 0 saturated carbocycles. The van der Waals surface area contributed by atoms with Gasteiger partial charge in [0.15, 0.2) is 0 Å². The Balaban J connectivity index is 2.40. The molecule has 0 aromatic heterocycles. The van der Waals surface area contributed by atoms with E-state index in [1.54, 1.807) is 14.1 Å². The summed E-state index contributed by atoms with van der Waals surface area (Å²) in [4.78, 5) is 24.3.